The fourth-order valence-corrected chi connectivity index (χ4v) is 4.62. The van der Waals surface area contributed by atoms with Crippen LogP contribution in [-0.4, -0.2) is 42.5 Å². The van der Waals surface area contributed by atoms with Gasteiger partial charge in [0.1, 0.15) is 0 Å². The number of alkyl halides is 1. The number of carbonyl (C=O) groups excluding carboxylic acids is 1. The van der Waals surface area contributed by atoms with Gasteiger partial charge in [0.2, 0.25) is 0 Å². The van der Waals surface area contributed by atoms with Gasteiger partial charge in [-0.15, -0.1) is 22.9 Å². The van der Waals surface area contributed by atoms with Gasteiger partial charge in [0.05, 0.1) is 31.7 Å². The molecule has 94 valence electrons. The van der Waals surface area contributed by atoms with E-state index in [1.165, 1.54) is 11.3 Å². The molecular formula is C10H10Br2ClNO2S. The molecule has 1 aromatic heterocycles. The molecule has 17 heavy (non-hydrogen) atoms. The van der Waals surface area contributed by atoms with Crippen LogP contribution in [-0.2, 0) is 4.74 Å². The fraction of sp³-hybridized carbons (Fsp3) is 0.500. The van der Waals surface area contributed by atoms with Gasteiger partial charge in [-0.05, 0) is 37.9 Å². The van der Waals surface area contributed by atoms with Crippen LogP contribution in [0.2, 0.25) is 0 Å². The number of hydrogen-bond donors (Lipinski definition) is 0. The Bertz CT molecular complexity index is 426. The van der Waals surface area contributed by atoms with Crippen molar-refractivity contribution in [2.24, 2.45) is 0 Å². The minimum Gasteiger partial charge on any atom is -0.373 e. The second-order valence-corrected chi connectivity index (χ2v) is 7.69. The topological polar surface area (TPSA) is 29.5 Å². The Balaban J connectivity index is 2.12. The quantitative estimate of drug-likeness (QED) is 0.709. The van der Waals surface area contributed by atoms with Crippen molar-refractivity contribution < 1.29 is 9.53 Å². The second kappa shape index (κ2) is 6.02. The molecule has 1 amide bonds. The van der Waals surface area contributed by atoms with Crippen LogP contribution >= 0.6 is 54.8 Å². The number of ether oxygens (including phenoxy) is 1. The largest absolute Gasteiger partial charge is 0.373 e. The molecule has 1 unspecified atom stereocenters. The average molecular weight is 404 g/mol. The summed E-state index contributed by atoms with van der Waals surface area (Å²) < 4.78 is 7.22. The van der Waals surface area contributed by atoms with Crippen LogP contribution in [0.15, 0.2) is 13.6 Å². The SMILES string of the molecule is O=C(c1cc(Br)sc1Br)N1CCOC(CCl)C1. The number of thiophene rings is 1. The number of amides is 1. The van der Waals surface area contributed by atoms with E-state index < -0.39 is 0 Å². The predicted octanol–water partition coefficient (Wildman–Crippen LogP) is 3.35. The zero-order valence-corrected chi connectivity index (χ0v) is 13.5. The summed E-state index contributed by atoms with van der Waals surface area (Å²) >= 11 is 14.0. The summed E-state index contributed by atoms with van der Waals surface area (Å²) in [7, 11) is 0. The normalized spacial score (nSPS) is 20.6. The van der Waals surface area contributed by atoms with Crippen molar-refractivity contribution in [3.63, 3.8) is 0 Å². The van der Waals surface area contributed by atoms with Crippen LogP contribution in [0.3, 0.4) is 0 Å². The average Bonchev–Trinajstić information content (AvgIpc) is 2.67. The first-order chi connectivity index (χ1) is 8.11. The highest BCUT2D eigenvalue weighted by Gasteiger charge is 2.26. The summed E-state index contributed by atoms with van der Waals surface area (Å²) in [6.07, 6.45) is -0.0600. The smallest absolute Gasteiger partial charge is 0.256 e. The van der Waals surface area contributed by atoms with Crippen LogP contribution in [0.5, 0.6) is 0 Å². The number of nitrogens with zero attached hydrogens (tertiary/aromatic N) is 1. The predicted molar refractivity (Wildman–Crippen MR) is 76.1 cm³/mol. The highest BCUT2D eigenvalue weighted by Crippen LogP contribution is 2.32. The van der Waals surface area contributed by atoms with Crippen molar-refractivity contribution in [2.75, 3.05) is 25.6 Å². The molecule has 2 rings (SSSR count). The lowest BCUT2D eigenvalue weighted by atomic mass is 10.2. The molecule has 0 bridgehead atoms. The third-order valence-electron chi connectivity index (χ3n) is 2.49. The maximum absolute atomic E-state index is 12.3. The van der Waals surface area contributed by atoms with Gasteiger partial charge in [0, 0.05) is 13.1 Å². The van der Waals surface area contributed by atoms with Gasteiger partial charge in [-0.3, -0.25) is 4.79 Å². The maximum atomic E-state index is 12.3. The zero-order valence-electron chi connectivity index (χ0n) is 8.79. The zero-order chi connectivity index (χ0) is 12.4. The first-order valence-corrected chi connectivity index (χ1v) is 7.97. The molecule has 0 aromatic carbocycles. The molecule has 1 atom stereocenters. The number of rotatable bonds is 2. The van der Waals surface area contributed by atoms with Gasteiger partial charge >= 0.3 is 0 Å². The Morgan fingerprint density at radius 2 is 2.41 bits per heavy atom. The highest BCUT2D eigenvalue weighted by molar-refractivity contribution is 9.12. The van der Waals surface area contributed by atoms with E-state index in [1.807, 2.05) is 6.07 Å². The molecule has 0 aliphatic carbocycles. The van der Waals surface area contributed by atoms with E-state index in [-0.39, 0.29) is 12.0 Å². The first kappa shape index (κ1) is 13.8. The molecule has 2 heterocycles. The molecule has 0 N–H and O–H groups in total. The molecule has 7 heteroatoms. The van der Waals surface area contributed by atoms with E-state index in [0.29, 0.717) is 31.1 Å². The number of morpholine rings is 1. The minimum atomic E-state index is -0.0600. The summed E-state index contributed by atoms with van der Waals surface area (Å²) in [6, 6.07) is 1.84. The highest BCUT2D eigenvalue weighted by atomic mass is 79.9. The van der Waals surface area contributed by atoms with Crippen molar-refractivity contribution >= 4 is 60.7 Å². The van der Waals surface area contributed by atoms with Crippen LogP contribution < -0.4 is 0 Å². The molecule has 0 radical (unpaired) electrons. The van der Waals surface area contributed by atoms with Gasteiger partial charge in [0.25, 0.3) is 5.91 Å². The van der Waals surface area contributed by atoms with E-state index >= 15 is 0 Å². The van der Waals surface area contributed by atoms with Crippen molar-refractivity contribution in [1.29, 1.82) is 0 Å². The van der Waals surface area contributed by atoms with Crippen LogP contribution in [0.1, 0.15) is 10.4 Å². The molecule has 3 nitrogen and oxygen atoms in total. The summed E-state index contributed by atoms with van der Waals surface area (Å²) in [5.41, 5.74) is 0.692. The molecule has 1 fully saturated rings. The summed E-state index contributed by atoms with van der Waals surface area (Å²) in [4.78, 5) is 14.1. The lowest BCUT2D eigenvalue weighted by Crippen LogP contribution is -2.46. The van der Waals surface area contributed by atoms with E-state index in [1.54, 1.807) is 4.90 Å². The summed E-state index contributed by atoms with van der Waals surface area (Å²) in [5.74, 6) is 0.440. The van der Waals surface area contributed by atoms with E-state index in [9.17, 15) is 4.79 Å². The fourth-order valence-electron chi connectivity index (χ4n) is 1.65. The van der Waals surface area contributed by atoms with E-state index in [0.717, 1.165) is 7.57 Å². The molecule has 0 saturated carbocycles. The van der Waals surface area contributed by atoms with Crippen molar-refractivity contribution in [3.05, 3.63) is 19.2 Å². The molecule has 0 spiro atoms. The van der Waals surface area contributed by atoms with Crippen molar-refractivity contribution in [1.82, 2.24) is 4.90 Å². The minimum absolute atomic E-state index is 0.0252. The maximum Gasteiger partial charge on any atom is 0.256 e. The Morgan fingerprint density at radius 1 is 1.65 bits per heavy atom. The van der Waals surface area contributed by atoms with Gasteiger partial charge in [-0.2, -0.15) is 0 Å². The van der Waals surface area contributed by atoms with Crippen molar-refractivity contribution in [3.8, 4) is 0 Å². The van der Waals surface area contributed by atoms with Crippen LogP contribution in [0, 0.1) is 0 Å². The van der Waals surface area contributed by atoms with Crippen LogP contribution in [0.4, 0.5) is 0 Å². The molecule has 1 aliphatic rings. The number of halogens is 3. The monoisotopic (exact) mass is 401 g/mol. The lowest BCUT2D eigenvalue weighted by molar-refractivity contribution is -0.0108. The van der Waals surface area contributed by atoms with E-state index in [4.69, 9.17) is 16.3 Å². The van der Waals surface area contributed by atoms with E-state index in [2.05, 4.69) is 31.9 Å². The second-order valence-electron chi connectivity index (χ2n) is 3.64. The first-order valence-electron chi connectivity index (χ1n) is 5.03. The van der Waals surface area contributed by atoms with Gasteiger partial charge < -0.3 is 9.64 Å². The lowest BCUT2D eigenvalue weighted by Gasteiger charge is -2.31. The number of hydrogen-bond acceptors (Lipinski definition) is 3. The standard InChI is InChI=1S/C10H10Br2ClNO2S/c11-8-3-7(9(12)17-8)10(15)14-1-2-16-6(4-13)5-14/h3,6H,1-2,4-5H2. The molecular weight excluding hydrogens is 393 g/mol. The Hall–Kier alpha value is 0.380. The molecule has 1 aromatic rings. The summed E-state index contributed by atoms with van der Waals surface area (Å²) in [6.45, 7) is 1.72. The Labute approximate surface area is 125 Å². The third-order valence-corrected chi connectivity index (χ3v) is 5.17. The van der Waals surface area contributed by atoms with Gasteiger partial charge in [-0.1, -0.05) is 0 Å². The van der Waals surface area contributed by atoms with Crippen LogP contribution in [0.25, 0.3) is 0 Å². The third kappa shape index (κ3) is 3.23. The molecule has 1 aliphatic heterocycles. The van der Waals surface area contributed by atoms with Crippen molar-refractivity contribution in [2.45, 2.75) is 6.10 Å². The Morgan fingerprint density at radius 3 is 3.00 bits per heavy atom. The summed E-state index contributed by atoms with van der Waals surface area (Å²) in [5, 5.41) is 0. The number of carbonyl (C=O) groups is 1. The van der Waals surface area contributed by atoms with Gasteiger partial charge in [0.15, 0.2) is 0 Å². The van der Waals surface area contributed by atoms with Gasteiger partial charge in [-0.25, -0.2) is 0 Å². The molecule has 1 saturated heterocycles. The Kier molecular flexibility index (Phi) is 4.88.